The number of anilines is 1. The first-order valence-corrected chi connectivity index (χ1v) is 10.3. The average molecular weight is 365 g/mol. The topological polar surface area (TPSA) is 38.3 Å². The number of thioether (sulfide) groups is 1. The Morgan fingerprint density at radius 1 is 1.23 bits per heavy atom. The van der Waals surface area contributed by atoms with Crippen molar-refractivity contribution in [1.29, 1.82) is 0 Å². The normalized spacial score (nSPS) is 23.1. The fourth-order valence-corrected chi connectivity index (χ4v) is 4.49. The van der Waals surface area contributed by atoms with Crippen molar-refractivity contribution < 1.29 is 9.53 Å². The quantitative estimate of drug-likeness (QED) is 0.446. The second kappa shape index (κ2) is 7.20. The fraction of sp³-hybridized carbons (Fsp3) is 0.318. The Kier molecular flexibility index (Phi) is 4.77. The van der Waals surface area contributed by atoms with E-state index in [-0.39, 0.29) is 12.0 Å². The number of ether oxygens (including phenoxy) is 1. The summed E-state index contributed by atoms with van der Waals surface area (Å²) >= 11 is 1.76. The predicted molar refractivity (Wildman–Crippen MR) is 107 cm³/mol. The van der Waals surface area contributed by atoms with Crippen LogP contribution in [0.2, 0.25) is 0 Å². The first-order chi connectivity index (χ1) is 12.7. The van der Waals surface area contributed by atoms with Gasteiger partial charge in [0.15, 0.2) is 0 Å². The molecule has 4 heteroatoms. The van der Waals surface area contributed by atoms with Crippen LogP contribution in [-0.2, 0) is 4.74 Å². The standard InChI is InChI=1S/C22H23NO2S/c1-3-25-22(24)15-9-12-20-19(13-15)17-5-4-6-18(17)21(23-20)14-7-10-16(26-2)11-8-14/h4-5,7-13,17-18,21,23H,3,6H2,1-2H3. The molecule has 0 radical (unpaired) electrons. The van der Waals surface area contributed by atoms with Gasteiger partial charge in [0.25, 0.3) is 0 Å². The maximum Gasteiger partial charge on any atom is 0.338 e. The van der Waals surface area contributed by atoms with E-state index in [1.165, 1.54) is 16.0 Å². The van der Waals surface area contributed by atoms with Gasteiger partial charge in [-0.3, -0.25) is 0 Å². The third kappa shape index (κ3) is 3.03. The minimum atomic E-state index is -0.247. The minimum Gasteiger partial charge on any atom is -0.462 e. The number of carbonyl (C=O) groups excluding carboxylic acids is 1. The van der Waals surface area contributed by atoms with Crippen molar-refractivity contribution in [3.63, 3.8) is 0 Å². The summed E-state index contributed by atoms with van der Waals surface area (Å²) in [5.74, 6) is 0.564. The molecule has 2 aromatic rings. The summed E-state index contributed by atoms with van der Waals surface area (Å²) in [6.07, 6.45) is 7.72. The molecule has 26 heavy (non-hydrogen) atoms. The lowest BCUT2D eigenvalue weighted by atomic mass is 9.76. The monoisotopic (exact) mass is 365 g/mol. The molecule has 0 saturated carbocycles. The number of allylic oxidation sites excluding steroid dienone is 2. The highest BCUT2D eigenvalue weighted by molar-refractivity contribution is 7.98. The number of esters is 1. The van der Waals surface area contributed by atoms with Gasteiger partial charge < -0.3 is 10.1 Å². The molecule has 1 aliphatic heterocycles. The third-order valence-corrected chi connectivity index (χ3v) is 6.09. The summed E-state index contributed by atoms with van der Waals surface area (Å²) < 4.78 is 5.16. The van der Waals surface area contributed by atoms with E-state index in [9.17, 15) is 4.79 Å². The molecule has 3 nitrogen and oxygen atoms in total. The maximum absolute atomic E-state index is 12.1. The van der Waals surface area contributed by atoms with Crippen LogP contribution in [-0.4, -0.2) is 18.8 Å². The first-order valence-electron chi connectivity index (χ1n) is 9.09. The largest absolute Gasteiger partial charge is 0.462 e. The minimum absolute atomic E-state index is 0.247. The number of benzene rings is 2. The number of nitrogens with one attached hydrogen (secondary N) is 1. The molecule has 4 rings (SSSR count). The third-order valence-electron chi connectivity index (χ3n) is 5.35. The Balaban J connectivity index is 1.68. The van der Waals surface area contributed by atoms with Crippen LogP contribution < -0.4 is 5.32 Å². The van der Waals surface area contributed by atoms with Crippen molar-refractivity contribution in [3.8, 4) is 0 Å². The molecule has 3 unspecified atom stereocenters. The van der Waals surface area contributed by atoms with Crippen LogP contribution in [0.4, 0.5) is 5.69 Å². The SMILES string of the molecule is CCOC(=O)c1ccc2c(c1)C1C=CCC1C(c1ccc(SC)cc1)N2. The van der Waals surface area contributed by atoms with Crippen LogP contribution in [0.15, 0.2) is 59.5 Å². The van der Waals surface area contributed by atoms with Gasteiger partial charge in [0.05, 0.1) is 18.2 Å². The Labute approximate surface area is 158 Å². The van der Waals surface area contributed by atoms with E-state index in [0.29, 0.717) is 24.0 Å². The molecule has 0 bridgehead atoms. The van der Waals surface area contributed by atoms with Gasteiger partial charge in [-0.1, -0.05) is 24.3 Å². The Hall–Kier alpha value is -2.20. The number of carbonyl (C=O) groups is 1. The number of hydrogen-bond donors (Lipinski definition) is 1. The molecule has 134 valence electrons. The van der Waals surface area contributed by atoms with Crippen molar-refractivity contribution in [2.24, 2.45) is 5.92 Å². The predicted octanol–water partition coefficient (Wildman–Crippen LogP) is 5.41. The Bertz CT molecular complexity index is 844. The van der Waals surface area contributed by atoms with Gasteiger partial charge in [-0.15, -0.1) is 11.8 Å². The molecular weight excluding hydrogens is 342 g/mol. The van der Waals surface area contributed by atoms with E-state index in [4.69, 9.17) is 4.74 Å². The maximum atomic E-state index is 12.1. The number of rotatable bonds is 4. The van der Waals surface area contributed by atoms with Crippen molar-refractivity contribution >= 4 is 23.4 Å². The second-order valence-electron chi connectivity index (χ2n) is 6.77. The summed E-state index contributed by atoms with van der Waals surface area (Å²) in [7, 11) is 0. The van der Waals surface area contributed by atoms with E-state index in [1.807, 2.05) is 25.1 Å². The first kappa shape index (κ1) is 17.2. The van der Waals surface area contributed by atoms with Crippen molar-refractivity contribution in [2.75, 3.05) is 18.2 Å². The fourth-order valence-electron chi connectivity index (χ4n) is 4.08. The zero-order valence-corrected chi connectivity index (χ0v) is 15.9. The van der Waals surface area contributed by atoms with Crippen LogP contribution in [0.1, 0.15) is 46.8 Å². The van der Waals surface area contributed by atoms with E-state index in [0.717, 1.165) is 12.1 Å². The van der Waals surface area contributed by atoms with Gasteiger partial charge in [-0.25, -0.2) is 4.79 Å². The molecule has 2 aliphatic rings. The molecule has 1 aliphatic carbocycles. The van der Waals surface area contributed by atoms with Crippen molar-refractivity contribution in [1.82, 2.24) is 0 Å². The molecule has 0 spiro atoms. The van der Waals surface area contributed by atoms with E-state index in [1.54, 1.807) is 11.8 Å². The van der Waals surface area contributed by atoms with Gasteiger partial charge in [-0.2, -0.15) is 0 Å². The zero-order valence-electron chi connectivity index (χ0n) is 15.1. The number of fused-ring (bicyclic) bond motifs is 3. The lowest BCUT2D eigenvalue weighted by molar-refractivity contribution is 0.0526. The Morgan fingerprint density at radius 3 is 2.77 bits per heavy atom. The zero-order chi connectivity index (χ0) is 18.1. The molecule has 0 aromatic heterocycles. The number of hydrogen-bond acceptors (Lipinski definition) is 4. The van der Waals surface area contributed by atoms with E-state index in [2.05, 4.69) is 48.0 Å². The van der Waals surface area contributed by atoms with Crippen LogP contribution in [0.3, 0.4) is 0 Å². The highest BCUT2D eigenvalue weighted by atomic mass is 32.2. The summed E-state index contributed by atoms with van der Waals surface area (Å²) in [6, 6.07) is 15.0. The van der Waals surface area contributed by atoms with Gasteiger partial charge >= 0.3 is 5.97 Å². The van der Waals surface area contributed by atoms with Crippen molar-refractivity contribution in [3.05, 3.63) is 71.3 Å². The summed E-state index contributed by atoms with van der Waals surface area (Å²) in [6.45, 7) is 2.23. The molecule has 3 atom stereocenters. The lowest BCUT2D eigenvalue weighted by Gasteiger charge is -2.37. The average Bonchev–Trinajstić information content (AvgIpc) is 3.17. The van der Waals surface area contributed by atoms with E-state index < -0.39 is 0 Å². The molecular formula is C22H23NO2S. The summed E-state index contributed by atoms with van der Waals surface area (Å²) in [5.41, 5.74) is 4.27. The molecule has 1 N–H and O–H groups in total. The summed E-state index contributed by atoms with van der Waals surface area (Å²) in [5, 5.41) is 3.72. The van der Waals surface area contributed by atoms with Gasteiger partial charge in [-0.05, 0) is 67.0 Å². The highest BCUT2D eigenvalue weighted by Gasteiger charge is 2.38. The van der Waals surface area contributed by atoms with Crippen LogP contribution >= 0.6 is 11.8 Å². The van der Waals surface area contributed by atoms with E-state index >= 15 is 0 Å². The molecule has 1 heterocycles. The van der Waals surface area contributed by atoms with Crippen LogP contribution in [0.25, 0.3) is 0 Å². The Morgan fingerprint density at radius 2 is 2.04 bits per heavy atom. The van der Waals surface area contributed by atoms with Gasteiger partial charge in [0.2, 0.25) is 0 Å². The van der Waals surface area contributed by atoms with Crippen LogP contribution in [0, 0.1) is 5.92 Å². The molecule has 0 fully saturated rings. The van der Waals surface area contributed by atoms with Crippen LogP contribution in [0.5, 0.6) is 0 Å². The molecule has 0 saturated heterocycles. The smallest absolute Gasteiger partial charge is 0.338 e. The lowest BCUT2D eigenvalue weighted by Crippen LogP contribution is -2.29. The van der Waals surface area contributed by atoms with Gasteiger partial charge in [0.1, 0.15) is 0 Å². The molecule has 0 amide bonds. The summed E-state index contributed by atoms with van der Waals surface area (Å²) in [4.78, 5) is 13.4. The van der Waals surface area contributed by atoms with Gasteiger partial charge in [0, 0.05) is 16.5 Å². The second-order valence-corrected chi connectivity index (χ2v) is 7.65. The molecule has 2 aromatic carbocycles. The van der Waals surface area contributed by atoms with Crippen molar-refractivity contribution in [2.45, 2.75) is 30.2 Å². The highest BCUT2D eigenvalue weighted by Crippen LogP contribution is 2.50.